The van der Waals surface area contributed by atoms with Gasteiger partial charge in [0.05, 0.1) is 5.55 Å². The minimum absolute atomic E-state index is 0.128. The molecule has 4 rings (SSSR count). The number of rotatable bonds is 10. The summed E-state index contributed by atoms with van der Waals surface area (Å²) in [5.41, 5.74) is 4.30. The maximum atomic E-state index is 13.2. The van der Waals surface area contributed by atoms with Crippen LogP contribution in [0.5, 0.6) is 0 Å². The van der Waals surface area contributed by atoms with Gasteiger partial charge in [-0.3, -0.25) is 4.79 Å². The van der Waals surface area contributed by atoms with E-state index in [2.05, 4.69) is 15.7 Å². The molecule has 2 amide bonds. The summed E-state index contributed by atoms with van der Waals surface area (Å²) < 4.78 is 7.12. The zero-order chi connectivity index (χ0) is 24.3. The Balaban J connectivity index is 1.36. The number of alkyl carbamates (subject to hydrolysis) is 1. The number of ether oxygens (including phenoxy) is 1. The van der Waals surface area contributed by atoms with Gasteiger partial charge in [-0.15, -0.1) is 0 Å². The Labute approximate surface area is 213 Å². The fraction of sp³-hybridized carbons (Fsp3) is 0.192. The van der Waals surface area contributed by atoms with E-state index in [1.165, 1.54) is 29.3 Å². The Morgan fingerprint density at radius 3 is 2.17 bits per heavy atom. The second-order valence-corrected chi connectivity index (χ2v) is 9.58. The fourth-order valence-corrected chi connectivity index (χ4v) is 5.12. The first-order valence-electron chi connectivity index (χ1n) is 11.1. The normalized spacial score (nSPS) is 15.4. The standard InChI is InChI=1S/C26H26N4O3S2/c31-24(29-25-30(27-19-34-25)35-18-22-14-8-3-9-15-22)23(16-20-10-4-1-5-11-20)28-26(32)33-17-21-12-6-2-7-13-21/h1-15,19,23,25H,16-18H2,(H,28,32)(H,29,31)/t23-,25?/m0/s1. The average molecular weight is 507 g/mol. The molecule has 0 radical (unpaired) electrons. The molecule has 1 aliphatic rings. The second kappa shape index (κ2) is 12.9. The van der Waals surface area contributed by atoms with Crippen LogP contribution in [0.1, 0.15) is 16.7 Å². The number of benzene rings is 3. The van der Waals surface area contributed by atoms with Crippen LogP contribution in [0.25, 0.3) is 0 Å². The van der Waals surface area contributed by atoms with Crippen LogP contribution in [0.4, 0.5) is 4.79 Å². The van der Waals surface area contributed by atoms with Crippen LogP contribution >= 0.6 is 23.7 Å². The van der Waals surface area contributed by atoms with Crippen LogP contribution in [-0.4, -0.2) is 33.5 Å². The van der Waals surface area contributed by atoms with Crippen molar-refractivity contribution in [2.75, 3.05) is 0 Å². The molecule has 2 atom stereocenters. The van der Waals surface area contributed by atoms with Crippen molar-refractivity contribution in [1.29, 1.82) is 0 Å². The molecule has 0 fully saturated rings. The molecule has 1 aliphatic heterocycles. The molecule has 0 saturated heterocycles. The van der Waals surface area contributed by atoms with E-state index in [4.69, 9.17) is 4.74 Å². The highest BCUT2D eigenvalue weighted by molar-refractivity contribution is 8.13. The summed E-state index contributed by atoms with van der Waals surface area (Å²) in [4.78, 5) is 25.8. The highest BCUT2D eigenvalue weighted by Crippen LogP contribution is 2.28. The van der Waals surface area contributed by atoms with Crippen molar-refractivity contribution in [3.8, 4) is 0 Å². The average Bonchev–Trinajstić information content (AvgIpc) is 3.34. The first kappa shape index (κ1) is 24.7. The van der Waals surface area contributed by atoms with Crippen molar-refractivity contribution in [2.45, 2.75) is 30.3 Å². The van der Waals surface area contributed by atoms with E-state index in [-0.39, 0.29) is 18.0 Å². The minimum Gasteiger partial charge on any atom is -0.445 e. The van der Waals surface area contributed by atoms with Crippen molar-refractivity contribution in [3.05, 3.63) is 108 Å². The number of nitrogens with one attached hydrogen (secondary N) is 2. The van der Waals surface area contributed by atoms with Gasteiger partial charge in [0.25, 0.3) is 0 Å². The number of amides is 2. The molecule has 7 nitrogen and oxygen atoms in total. The lowest BCUT2D eigenvalue weighted by atomic mass is 10.1. The monoisotopic (exact) mass is 506 g/mol. The van der Waals surface area contributed by atoms with Crippen LogP contribution in [0.3, 0.4) is 0 Å². The molecule has 3 aromatic carbocycles. The van der Waals surface area contributed by atoms with Crippen LogP contribution < -0.4 is 10.6 Å². The number of hydrogen-bond acceptors (Lipinski definition) is 7. The second-order valence-electron chi connectivity index (χ2n) is 7.73. The molecular weight excluding hydrogens is 480 g/mol. The van der Waals surface area contributed by atoms with E-state index in [9.17, 15) is 9.59 Å². The summed E-state index contributed by atoms with van der Waals surface area (Å²) in [5.74, 6) is 0.418. The van der Waals surface area contributed by atoms with Crippen LogP contribution in [-0.2, 0) is 28.3 Å². The quantitative estimate of drug-likeness (QED) is 0.386. The van der Waals surface area contributed by atoms with E-state index >= 15 is 0 Å². The van der Waals surface area contributed by atoms with E-state index in [1.54, 1.807) is 9.96 Å². The highest BCUT2D eigenvalue weighted by atomic mass is 32.2. The molecule has 3 aromatic rings. The largest absolute Gasteiger partial charge is 0.445 e. The van der Waals surface area contributed by atoms with Gasteiger partial charge >= 0.3 is 6.09 Å². The van der Waals surface area contributed by atoms with Gasteiger partial charge in [-0.25, -0.2) is 9.21 Å². The van der Waals surface area contributed by atoms with Gasteiger partial charge in [0.15, 0.2) is 5.50 Å². The van der Waals surface area contributed by atoms with Crippen molar-refractivity contribution < 1.29 is 14.3 Å². The van der Waals surface area contributed by atoms with Gasteiger partial charge in [0.1, 0.15) is 12.6 Å². The summed E-state index contributed by atoms with van der Waals surface area (Å²) in [6.45, 7) is 0.128. The summed E-state index contributed by atoms with van der Waals surface area (Å²) in [6.07, 6.45) is -0.307. The number of hydrogen-bond donors (Lipinski definition) is 2. The molecule has 0 saturated carbocycles. The highest BCUT2D eigenvalue weighted by Gasteiger charge is 2.29. The first-order chi connectivity index (χ1) is 17.2. The molecule has 35 heavy (non-hydrogen) atoms. The Bertz CT molecular complexity index is 1120. The summed E-state index contributed by atoms with van der Waals surface area (Å²) in [5, 5.41) is 10.1. The molecule has 0 aliphatic carbocycles. The van der Waals surface area contributed by atoms with Crippen molar-refractivity contribution in [3.63, 3.8) is 0 Å². The summed E-state index contributed by atoms with van der Waals surface area (Å²) in [6, 6.07) is 28.2. The molecule has 1 heterocycles. The molecule has 9 heteroatoms. The Kier molecular flexibility index (Phi) is 9.08. The zero-order valence-electron chi connectivity index (χ0n) is 18.9. The Morgan fingerprint density at radius 2 is 1.51 bits per heavy atom. The fourth-order valence-electron chi connectivity index (χ4n) is 3.34. The Morgan fingerprint density at radius 1 is 0.914 bits per heavy atom. The van der Waals surface area contributed by atoms with Crippen molar-refractivity contribution in [2.24, 2.45) is 5.10 Å². The summed E-state index contributed by atoms with van der Waals surface area (Å²) in [7, 11) is 0. The van der Waals surface area contributed by atoms with Crippen LogP contribution in [0.15, 0.2) is 96.1 Å². The van der Waals surface area contributed by atoms with Gasteiger partial charge in [-0.1, -0.05) is 103 Å². The molecule has 0 aromatic heterocycles. The van der Waals surface area contributed by atoms with Gasteiger partial charge in [-0.2, -0.15) is 5.10 Å². The minimum atomic E-state index is -0.803. The van der Waals surface area contributed by atoms with E-state index in [0.717, 1.165) is 16.9 Å². The first-order valence-corrected chi connectivity index (χ1v) is 13.0. The van der Waals surface area contributed by atoms with E-state index < -0.39 is 12.1 Å². The van der Waals surface area contributed by atoms with Crippen LogP contribution in [0.2, 0.25) is 0 Å². The van der Waals surface area contributed by atoms with E-state index in [1.807, 2.05) is 91.0 Å². The van der Waals surface area contributed by atoms with Gasteiger partial charge in [0, 0.05) is 12.2 Å². The molecule has 0 bridgehead atoms. The molecule has 1 unspecified atom stereocenters. The summed E-state index contributed by atoms with van der Waals surface area (Å²) >= 11 is 2.91. The number of thioether (sulfide) groups is 1. The lowest BCUT2D eigenvalue weighted by Crippen LogP contribution is -2.51. The third-order valence-corrected chi connectivity index (χ3v) is 7.08. The van der Waals surface area contributed by atoms with Gasteiger partial charge in [-0.05, 0) is 28.6 Å². The topological polar surface area (TPSA) is 83.0 Å². The predicted octanol–water partition coefficient (Wildman–Crippen LogP) is 4.76. The predicted molar refractivity (Wildman–Crippen MR) is 141 cm³/mol. The molecule has 2 N–H and O–H groups in total. The third-order valence-electron chi connectivity index (χ3n) is 5.13. The van der Waals surface area contributed by atoms with Gasteiger partial charge in [0.2, 0.25) is 5.91 Å². The van der Waals surface area contributed by atoms with Gasteiger partial charge < -0.3 is 15.4 Å². The SMILES string of the molecule is O=C(N[C@@H](Cc1ccccc1)C(=O)NC1SC=NN1SCc1ccccc1)OCc1ccccc1. The number of carbonyl (C=O) groups excluding carboxylic acids is 2. The lowest BCUT2D eigenvalue weighted by Gasteiger charge is -2.25. The number of hydrazone groups is 1. The maximum absolute atomic E-state index is 13.2. The molecule has 0 spiro atoms. The zero-order valence-corrected chi connectivity index (χ0v) is 20.6. The third kappa shape index (κ3) is 7.80. The Hall–Kier alpha value is -3.43. The van der Waals surface area contributed by atoms with Crippen molar-refractivity contribution in [1.82, 2.24) is 15.0 Å². The van der Waals surface area contributed by atoms with Crippen LogP contribution in [0, 0.1) is 0 Å². The maximum Gasteiger partial charge on any atom is 0.408 e. The molecular formula is C26H26N4O3S2. The molecule has 180 valence electrons. The van der Waals surface area contributed by atoms with Crippen molar-refractivity contribution >= 4 is 41.3 Å². The van der Waals surface area contributed by atoms with E-state index in [0.29, 0.717) is 6.42 Å². The number of nitrogens with zero attached hydrogens (tertiary/aromatic N) is 2. The number of carbonyl (C=O) groups is 2. The smallest absolute Gasteiger partial charge is 0.408 e. The lowest BCUT2D eigenvalue weighted by molar-refractivity contribution is -0.123.